The fourth-order valence-electron chi connectivity index (χ4n) is 1.55. The lowest BCUT2D eigenvalue weighted by Crippen LogP contribution is -2.33. The summed E-state index contributed by atoms with van der Waals surface area (Å²) in [5.41, 5.74) is 0. The van der Waals surface area contributed by atoms with E-state index in [1.807, 2.05) is 20.8 Å². The summed E-state index contributed by atoms with van der Waals surface area (Å²) in [6, 6.07) is 0.122. The quantitative estimate of drug-likeness (QED) is 0.455. The summed E-state index contributed by atoms with van der Waals surface area (Å²) in [6.07, 6.45) is 1.40. The summed E-state index contributed by atoms with van der Waals surface area (Å²) >= 11 is 0. The highest BCUT2D eigenvalue weighted by atomic mass is 16.5. The van der Waals surface area contributed by atoms with Gasteiger partial charge in [0.25, 0.3) is 0 Å². The average molecular weight is 318 g/mol. The van der Waals surface area contributed by atoms with Crippen molar-refractivity contribution in [2.75, 3.05) is 46.2 Å². The van der Waals surface area contributed by atoms with Gasteiger partial charge in [-0.1, -0.05) is 6.92 Å². The van der Waals surface area contributed by atoms with Gasteiger partial charge in [-0.3, -0.25) is 9.59 Å². The molecule has 0 saturated heterocycles. The fourth-order valence-corrected chi connectivity index (χ4v) is 1.55. The standard InChI is InChI=1S/C15H30N2O5/c1-4-5-14(18)16-6-7-20-8-9-21-10-11-22-12-15(19)17-13(2)3/h13H,4-12H2,1-3H3,(H,16,18)(H,17,19). The van der Waals surface area contributed by atoms with Gasteiger partial charge < -0.3 is 24.8 Å². The molecule has 0 aromatic carbocycles. The summed E-state index contributed by atoms with van der Waals surface area (Å²) in [7, 11) is 0. The van der Waals surface area contributed by atoms with Crippen LogP contribution in [0.2, 0.25) is 0 Å². The highest BCUT2D eigenvalue weighted by Crippen LogP contribution is 1.85. The van der Waals surface area contributed by atoms with E-state index in [4.69, 9.17) is 14.2 Å². The van der Waals surface area contributed by atoms with Crippen molar-refractivity contribution in [3.63, 3.8) is 0 Å². The third kappa shape index (κ3) is 15.2. The Balaban J connectivity index is 3.17. The maximum atomic E-state index is 11.3. The predicted molar refractivity (Wildman–Crippen MR) is 83.7 cm³/mol. The molecule has 0 unspecified atom stereocenters. The molecule has 0 aliphatic carbocycles. The first kappa shape index (κ1) is 20.8. The molecule has 7 nitrogen and oxygen atoms in total. The van der Waals surface area contributed by atoms with Gasteiger partial charge in [0, 0.05) is 19.0 Å². The average Bonchev–Trinajstić information content (AvgIpc) is 2.44. The van der Waals surface area contributed by atoms with E-state index in [9.17, 15) is 9.59 Å². The molecular formula is C15H30N2O5. The van der Waals surface area contributed by atoms with Gasteiger partial charge in [0.1, 0.15) is 6.61 Å². The molecule has 0 radical (unpaired) electrons. The number of carbonyl (C=O) groups excluding carboxylic acids is 2. The Kier molecular flexibility index (Phi) is 14.0. The van der Waals surface area contributed by atoms with Crippen molar-refractivity contribution in [3.05, 3.63) is 0 Å². The van der Waals surface area contributed by atoms with E-state index in [1.54, 1.807) is 0 Å². The molecule has 0 heterocycles. The van der Waals surface area contributed by atoms with Crippen molar-refractivity contribution < 1.29 is 23.8 Å². The number of nitrogens with one attached hydrogen (secondary N) is 2. The maximum absolute atomic E-state index is 11.3. The van der Waals surface area contributed by atoms with Crippen LogP contribution >= 0.6 is 0 Å². The first-order valence-electron chi connectivity index (χ1n) is 7.85. The van der Waals surface area contributed by atoms with Crippen molar-refractivity contribution in [2.24, 2.45) is 0 Å². The molecule has 2 N–H and O–H groups in total. The molecule has 0 aliphatic heterocycles. The van der Waals surface area contributed by atoms with Crippen LogP contribution in [-0.4, -0.2) is 64.0 Å². The second-order valence-electron chi connectivity index (χ2n) is 5.10. The molecule has 0 fully saturated rings. The molecule has 0 aromatic heterocycles. The van der Waals surface area contributed by atoms with E-state index in [-0.39, 0.29) is 24.5 Å². The van der Waals surface area contributed by atoms with Crippen LogP contribution in [0.15, 0.2) is 0 Å². The predicted octanol–water partition coefficient (Wildman–Crippen LogP) is 0.477. The minimum absolute atomic E-state index is 0.0511. The van der Waals surface area contributed by atoms with Crippen LogP contribution in [-0.2, 0) is 23.8 Å². The summed E-state index contributed by atoms with van der Waals surface area (Å²) in [4.78, 5) is 22.4. The van der Waals surface area contributed by atoms with Crippen molar-refractivity contribution >= 4 is 11.8 Å². The lowest BCUT2D eigenvalue weighted by atomic mass is 10.3. The molecule has 130 valence electrons. The van der Waals surface area contributed by atoms with Gasteiger partial charge >= 0.3 is 0 Å². The Morgan fingerprint density at radius 2 is 1.50 bits per heavy atom. The fraction of sp³-hybridized carbons (Fsp3) is 0.867. The topological polar surface area (TPSA) is 85.9 Å². The number of ether oxygens (including phenoxy) is 3. The summed E-state index contributed by atoms with van der Waals surface area (Å²) in [5.74, 6) is -0.0653. The zero-order valence-electron chi connectivity index (χ0n) is 14.0. The lowest BCUT2D eigenvalue weighted by molar-refractivity contribution is -0.126. The Bertz CT molecular complexity index is 298. The van der Waals surface area contributed by atoms with E-state index in [0.717, 1.165) is 6.42 Å². The van der Waals surface area contributed by atoms with Crippen LogP contribution in [0.5, 0.6) is 0 Å². The number of hydrogen-bond acceptors (Lipinski definition) is 5. The Hall–Kier alpha value is -1.18. The summed E-state index contributed by atoms with van der Waals surface area (Å²) in [5, 5.41) is 5.50. The maximum Gasteiger partial charge on any atom is 0.246 e. The van der Waals surface area contributed by atoms with E-state index in [0.29, 0.717) is 46.0 Å². The SMILES string of the molecule is CCCC(=O)NCCOCCOCCOCC(=O)NC(C)C. The molecule has 2 amide bonds. The van der Waals surface area contributed by atoms with Crippen molar-refractivity contribution in [1.29, 1.82) is 0 Å². The number of hydrogen-bond donors (Lipinski definition) is 2. The smallest absolute Gasteiger partial charge is 0.246 e. The third-order valence-electron chi connectivity index (χ3n) is 2.47. The summed E-state index contributed by atoms with van der Waals surface area (Å²) < 4.78 is 15.8. The van der Waals surface area contributed by atoms with Crippen LogP contribution in [0.25, 0.3) is 0 Å². The summed E-state index contributed by atoms with van der Waals surface area (Å²) in [6.45, 7) is 8.54. The van der Waals surface area contributed by atoms with Gasteiger partial charge in [-0.25, -0.2) is 0 Å². The molecule has 0 aromatic rings. The van der Waals surface area contributed by atoms with E-state index in [2.05, 4.69) is 10.6 Å². The molecule has 0 spiro atoms. The van der Waals surface area contributed by atoms with Crippen molar-refractivity contribution in [3.8, 4) is 0 Å². The van der Waals surface area contributed by atoms with Crippen LogP contribution in [0, 0.1) is 0 Å². The van der Waals surface area contributed by atoms with E-state index < -0.39 is 0 Å². The van der Waals surface area contributed by atoms with Crippen LogP contribution in [0.4, 0.5) is 0 Å². The minimum atomic E-state index is -0.122. The molecule has 0 bridgehead atoms. The van der Waals surface area contributed by atoms with Gasteiger partial charge in [-0.05, 0) is 20.3 Å². The molecular weight excluding hydrogens is 288 g/mol. The van der Waals surface area contributed by atoms with Crippen molar-refractivity contribution in [2.45, 2.75) is 39.7 Å². The monoisotopic (exact) mass is 318 g/mol. The highest BCUT2D eigenvalue weighted by Gasteiger charge is 2.02. The van der Waals surface area contributed by atoms with Crippen LogP contribution in [0.3, 0.4) is 0 Å². The first-order valence-corrected chi connectivity index (χ1v) is 7.85. The molecule has 0 rings (SSSR count). The van der Waals surface area contributed by atoms with Gasteiger partial charge in [0.15, 0.2) is 0 Å². The largest absolute Gasteiger partial charge is 0.377 e. The lowest BCUT2D eigenvalue weighted by Gasteiger charge is -2.09. The minimum Gasteiger partial charge on any atom is -0.377 e. The molecule has 0 atom stereocenters. The van der Waals surface area contributed by atoms with E-state index >= 15 is 0 Å². The molecule has 22 heavy (non-hydrogen) atoms. The first-order chi connectivity index (χ1) is 10.6. The van der Waals surface area contributed by atoms with Gasteiger partial charge in [-0.15, -0.1) is 0 Å². The van der Waals surface area contributed by atoms with E-state index in [1.165, 1.54) is 0 Å². The molecule has 0 aliphatic rings. The number of amides is 2. The second-order valence-corrected chi connectivity index (χ2v) is 5.10. The van der Waals surface area contributed by atoms with Gasteiger partial charge in [0.2, 0.25) is 11.8 Å². The van der Waals surface area contributed by atoms with Gasteiger partial charge in [-0.2, -0.15) is 0 Å². The Morgan fingerprint density at radius 1 is 0.909 bits per heavy atom. The Morgan fingerprint density at radius 3 is 2.09 bits per heavy atom. The normalized spacial score (nSPS) is 10.7. The molecule has 7 heteroatoms. The number of carbonyl (C=O) groups is 2. The highest BCUT2D eigenvalue weighted by molar-refractivity contribution is 5.77. The Labute approximate surface area is 133 Å². The zero-order valence-corrected chi connectivity index (χ0v) is 14.0. The second kappa shape index (κ2) is 14.7. The van der Waals surface area contributed by atoms with Crippen molar-refractivity contribution in [1.82, 2.24) is 10.6 Å². The van der Waals surface area contributed by atoms with Crippen LogP contribution in [0.1, 0.15) is 33.6 Å². The number of rotatable bonds is 14. The third-order valence-corrected chi connectivity index (χ3v) is 2.47. The van der Waals surface area contributed by atoms with Gasteiger partial charge in [0.05, 0.1) is 33.0 Å². The molecule has 0 saturated carbocycles. The van der Waals surface area contributed by atoms with Crippen LogP contribution < -0.4 is 10.6 Å². The zero-order chi connectivity index (χ0) is 16.6.